The molecule has 0 bridgehead atoms. The van der Waals surface area contributed by atoms with Crippen molar-refractivity contribution in [3.05, 3.63) is 35.4 Å². The third-order valence-electron chi connectivity index (χ3n) is 3.21. The minimum Gasteiger partial charge on any atom is -0.380 e. The number of carbonyl (C=O) groups is 1. The lowest BCUT2D eigenvalue weighted by Gasteiger charge is -2.11. The average Bonchev–Trinajstić information content (AvgIpc) is 2.86. The molecule has 2 atom stereocenters. The molecule has 1 aromatic carbocycles. The van der Waals surface area contributed by atoms with E-state index in [1.807, 2.05) is 0 Å². The van der Waals surface area contributed by atoms with Crippen molar-refractivity contribution in [3.8, 4) is 0 Å². The highest BCUT2D eigenvalue weighted by Gasteiger charge is 2.29. The summed E-state index contributed by atoms with van der Waals surface area (Å²) in [6.45, 7) is 0.667. The van der Waals surface area contributed by atoms with Crippen molar-refractivity contribution in [2.24, 2.45) is 0 Å². The zero-order chi connectivity index (χ0) is 13.8. The number of ether oxygens (including phenoxy) is 1. The van der Waals surface area contributed by atoms with Gasteiger partial charge in [-0.05, 0) is 12.5 Å². The van der Waals surface area contributed by atoms with E-state index in [9.17, 15) is 13.6 Å². The van der Waals surface area contributed by atoms with Crippen molar-refractivity contribution in [1.29, 1.82) is 0 Å². The lowest BCUT2D eigenvalue weighted by atomic mass is 10.1. The zero-order valence-electron chi connectivity index (χ0n) is 10.6. The number of halogens is 2. The predicted molar refractivity (Wildman–Crippen MR) is 65.4 cm³/mol. The Balaban J connectivity index is 1.87. The van der Waals surface area contributed by atoms with Gasteiger partial charge >= 0.3 is 0 Å². The molecule has 0 radical (unpaired) electrons. The van der Waals surface area contributed by atoms with Gasteiger partial charge < -0.3 is 15.4 Å². The van der Waals surface area contributed by atoms with Gasteiger partial charge in [-0.2, -0.15) is 0 Å². The number of rotatable bonds is 4. The number of hydrogen-bond donors (Lipinski definition) is 2. The second kappa shape index (κ2) is 6.08. The maximum absolute atomic E-state index is 13.4. The molecule has 6 heteroatoms. The summed E-state index contributed by atoms with van der Waals surface area (Å²) in [5, 5.41) is 5.65. The summed E-state index contributed by atoms with van der Waals surface area (Å²) in [6, 6.07) is 2.97. The molecule has 19 heavy (non-hydrogen) atoms. The highest BCUT2D eigenvalue weighted by Crippen LogP contribution is 2.11. The van der Waals surface area contributed by atoms with Crippen molar-refractivity contribution in [1.82, 2.24) is 10.6 Å². The summed E-state index contributed by atoms with van der Waals surface area (Å²) in [6.07, 6.45) is 0.618. The highest BCUT2D eigenvalue weighted by atomic mass is 19.1. The first-order valence-electron chi connectivity index (χ1n) is 6.08. The number of nitrogens with one attached hydrogen (secondary N) is 2. The summed E-state index contributed by atoms with van der Waals surface area (Å²) in [5.41, 5.74) is 0.260. The van der Waals surface area contributed by atoms with Crippen LogP contribution >= 0.6 is 0 Å². The van der Waals surface area contributed by atoms with Crippen molar-refractivity contribution in [2.75, 3.05) is 13.7 Å². The van der Waals surface area contributed by atoms with Gasteiger partial charge in [-0.1, -0.05) is 6.07 Å². The van der Waals surface area contributed by atoms with Crippen LogP contribution in [0.5, 0.6) is 0 Å². The Hall–Kier alpha value is -1.53. The standard InChI is InChI=1S/C13H16F2N2O2/c1-19-10-5-12(16-7-10)13(18)17-6-8-2-3-9(14)4-11(8)15/h2-4,10,12,16H,5-7H2,1H3,(H,17,18). The van der Waals surface area contributed by atoms with E-state index in [0.29, 0.717) is 13.0 Å². The van der Waals surface area contributed by atoms with Gasteiger partial charge in [0, 0.05) is 31.8 Å². The second-order valence-electron chi connectivity index (χ2n) is 4.51. The Morgan fingerprint density at radius 3 is 2.95 bits per heavy atom. The number of amides is 1. The zero-order valence-corrected chi connectivity index (χ0v) is 10.6. The van der Waals surface area contributed by atoms with E-state index < -0.39 is 11.6 Å². The fourth-order valence-electron chi connectivity index (χ4n) is 2.05. The summed E-state index contributed by atoms with van der Waals surface area (Å²) in [5.74, 6) is -1.49. The minimum atomic E-state index is -0.658. The quantitative estimate of drug-likeness (QED) is 0.856. The smallest absolute Gasteiger partial charge is 0.237 e. The summed E-state index contributed by atoms with van der Waals surface area (Å²) >= 11 is 0. The number of carbonyl (C=O) groups excluding carboxylic acids is 1. The van der Waals surface area contributed by atoms with Crippen LogP contribution in [0.3, 0.4) is 0 Å². The van der Waals surface area contributed by atoms with Crippen LogP contribution in [-0.2, 0) is 16.1 Å². The van der Waals surface area contributed by atoms with Crippen LogP contribution < -0.4 is 10.6 Å². The van der Waals surface area contributed by atoms with Crippen molar-refractivity contribution < 1.29 is 18.3 Å². The molecule has 1 fully saturated rings. The van der Waals surface area contributed by atoms with Gasteiger partial charge in [-0.3, -0.25) is 4.79 Å². The molecule has 1 aromatic rings. The maximum atomic E-state index is 13.4. The van der Waals surface area contributed by atoms with E-state index in [-0.39, 0.29) is 30.2 Å². The summed E-state index contributed by atoms with van der Waals surface area (Å²) in [7, 11) is 1.60. The molecule has 0 saturated carbocycles. The fourth-order valence-corrected chi connectivity index (χ4v) is 2.05. The Labute approximate surface area is 110 Å². The molecule has 4 nitrogen and oxygen atoms in total. The van der Waals surface area contributed by atoms with Crippen LogP contribution in [0.2, 0.25) is 0 Å². The SMILES string of the molecule is COC1CNC(C(=O)NCc2ccc(F)cc2F)C1. The molecule has 2 unspecified atom stereocenters. The Morgan fingerprint density at radius 2 is 2.32 bits per heavy atom. The van der Waals surface area contributed by atoms with E-state index in [1.165, 1.54) is 12.1 Å². The van der Waals surface area contributed by atoms with Gasteiger partial charge in [0.2, 0.25) is 5.91 Å². The Kier molecular flexibility index (Phi) is 4.44. The molecule has 1 saturated heterocycles. The van der Waals surface area contributed by atoms with Crippen LogP contribution in [-0.4, -0.2) is 31.7 Å². The van der Waals surface area contributed by atoms with E-state index in [1.54, 1.807) is 7.11 Å². The first kappa shape index (κ1) is 13.9. The molecule has 104 valence electrons. The van der Waals surface area contributed by atoms with Crippen molar-refractivity contribution >= 4 is 5.91 Å². The number of hydrogen-bond acceptors (Lipinski definition) is 3. The Bertz CT molecular complexity index is 468. The fraction of sp³-hybridized carbons (Fsp3) is 0.462. The summed E-state index contributed by atoms with van der Waals surface area (Å²) < 4.78 is 31.2. The van der Waals surface area contributed by atoms with E-state index >= 15 is 0 Å². The van der Waals surface area contributed by atoms with E-state index in [2.05, 4.69) is 10.6 Å². The minimum absolute atomic E-state index is 0.0262. The second-order valence-corrected chi connectivity index (χ2v) is 4.51. The average molecular weight is 270 g/mol. The van der Waals surface area contributed by atoms with E-state index in [0.717, 1.165) is 6.07 Å². The van der Waals surface area contributed by atoms with Gasteiger partial charge in [0.15, 0.2) is 0 Å². The van der Waals surface area contributed by atoms with Crippen LogP contribution in [0.25, 0.3) is 0 Å². The normalized spacial score (nSPS) is 22.5. The maximum Gasteiger partial charge on any atom is 0.237 e. The molecule has 1 aliphatic rings. The Morgan fingerprint density at radius 1 is 1.53 bits per heavy atom. The van der Waals surface area contributed by atoms with Gasteiger partial charge in [0.25, 0.3) is 0 Å². The van der Waals surface area contributed by atoms with Gasteiger partial charge in [-0.15, -0.1) is 0 Å². The topological polar surface area (TPSA) is 50.4 Å². The lowest BCUT2D eigenvalue weighted by molar-refractivity contribution is -0.123. The largest absolute Gasteiger partial charge is 0.380 e. The van der Waals surface area contributed by atoms with Crippen LogP contribution in [0.15, 0.2) is 18.2 Å². The van der Waals surface area contributed by atoms with Gasteiger partial charge in [-0.25, -0.2) is 8.78 Å². The molecule has 1 amide bonds. The third kappa shape index (κ3) is 3.48. The number of methoxy groups -OCH3 is 1. The van der Waals surface area contributed by atoms with Crippen molar-refractivity contribution in [2.45, 2.75) is 25.1 Å². The molecule has 0 aliphatic carbocycles. The third-order valence-corrected chi connectivity index (χ3v) is 3.21. The predicted octanol–water partition coefficient (Wildman–Crippen LogP) is 0.958. The summed E-state index contributed by atoms with van der Waals surface area (Å²) in [4.78, 5) is 11.8. The molecule has 1 heterocycles. The molecule has 1 aliphatic heterocycles. The number of benzene rings is 1. The first-order chi connectivity index (χ1) is 9.10. The first-order valence-corrected chi connectivity index (χ1v) is 6.08. The van der Waals surface area contributed by atoms with Crippen LogP contribution in [0.1, 0.15) is 12.0 Å². The molecule has 0 aromatic heterocycles. The molecule has 2 rings (SSSR count). The molecule has 0 spiro atoms. The molecular formula is C13H16F2N2O2. The lowest BCUT2D eigenvalue weighted by Crippen LogP contribution is -2.40. The van der Waals surface area contributed by atoms with Gasteiger partial charge in [0.05, 0.1) is 12.1 Å². The van der Waals surface area contributed by atoms with Crippen molar-refractivity contribution in [3.63, 3.8) is 0 Å². The molecule has 2 N–H and O–H groups in total. The van der Waals surface area contributed by atoms with Crippen LogP contribution in [0, 0.1) is 11.6 Å². The highest BCUT2D eigenvalue weighted by molar-refractivity contribution is 5.82. The monoisotopic (exact) mass is 270 g/mol. The van der Waals surface area contributed by atoms with Gasteiger partial charge in [0.1, 0.15) is 11.6 Å². The van der Waals surface area contributed by atoms with Crippen LogP contribution in [0.4, 0.5) is 8.78 Å². The van der Waals surface area contributed by atoms with E-state index in [4.69, 9.17) is 4.74 Å². The molecular weight excluding hydrogens is 254 g/mol.